The number of fused-ring (bicyclic) bond motifs is 1. The minimum Gasteiger partial charge on any atom is -0.496 e. The summed E-state index contributed by atoms with van der Waals surface area (Å²) < 4.78 is 66.7. The van der Waals surface area contributed by atoms with Crippen LogP contribution >= 0.6 is 23.5 Å². The van der Waals surface area contributed by atoms with E-state index in [-0.39, 0.29) is 101 Å². The van der Waals surface area contributed by atoms with Crippen LogP contribution in [0.2, 0.25) is 0 Å². The number of carbonyl (C=O) groups is 5. The maximum Gasteiger partial charge on any atom is 0.347 e. The standard InChI is InChI=1S/C55H55NO17S2/c1-32(62-5)24-27-67-39-18-20-41(45(30-39)65-8)52(59)70-37-14-10-35(11-15-37)50(57)72-43-22-23-44(49-48(43)74-55(75-49)47(56-4)54(61)69-29-26-34(3)64-7)73-51(58)36-12-16-38(17-13-36)71-53(60)42-21-19-40(31-46(42)66-9)68-28-25-33(2)63-6/h10-23,30-34H,24-29H2,1-3,5-9H3. The highest BCUT2D eigenvalue weighted by Crippen LogP contribution is 2.59. The van der Waals surface area contributed by atoms with Crippen LogP contribution in [0.1, 0.15) is 81.5 Å². The van der Waals surface area contributed by atoms with Crippen molar-refractivity contribution in [3.8, 4) is 46.0 Å². The SMILES string of the molecule is [C-]#[N+]C(C(=O)OCCC(C)OC)=C1Sc2c(OC(=O)c3ccc(OC(=O)c4ccc(OCCC(C)OC)cc4OC)cc3)ccc(OC(=O)c3ccc(OC(=O)c4ccc(OCCC(C)OC)cc4OC)cc3)c2S1. The fraction of sp³-hybridized carbons (Fsp3) is 0.309. The molecule has 20 heteroatoms. The third kappa shape index (κ3) is 15.5. The number of benzene rings is 5. The van der Waals surface area contributed by atoms with E-state index < -0.39 is 29.8 Å². The molecule has 0 saturated carbocycles. The number of rotatable bonds is 25. The molecule has 0 aliphatic carbocycles. The van der Waals surface area contributed by atoms with Gasteiger partial charge in [0.25, 0.3) is 5.70 Å². The van der Waals surface area contributed by atoms with Crippen LogP contribution in [-0.4, -0.2) is 104 Å². The summed E-state index contributed by atoms with van der Waals surface area (Å²) in [6.07, 6.45) is 1.55. The highest BCUT2D eigenvalue weighted by Gasteiger charge is 2.33. The van der Waals surface area contributed by atoms with Crippen molar-refractivity contribution in [3.63, 3.8) is 0 Å². The Morgan fingerprint density at radius 2 is 0.867 bits per heavy atom. The smallest absolute Gasteiger partial charge is 0.347 e. The van der Waals surface area contributed by atoms with E-state index in [1.807, 2.05) is 20.8 Å². The molecule has 0 N–H and O–H groups in total. The topological polar surface area (TPSA) is 200 Å². The third-order valence-electron chi connectivity index (χ3n) is 11.3. The van der Waals surface area contributed by atoms with Gasteiger partial charge in [0.2, 0.25) is 0 Å². The van der Waals surface area contributed by atoms with Gasteiger partial charge >= 0.3 is 29.8 Å². The lowest BCUT2D eigenvalue weighted by atomic mass is 10.2. The number of methoxy groups -OCH3 is 5. The molecule has 5 aromatic rings. The molecule has 0 radical (unpaired) electrons. The molecule has 1 heterocycles. The van der Waals surface area contributed by atoms with E-state index in [9.17, 15) is 24.0 Å². The zero-order valence-electron chi connectivity index (χ0n) is 42.4. The quantitative estimate of drug-likeness (QED) is 0.0231. The second-order valence-electron chi connectivity index (χ2n) is 16.3. The molecule has 394 valence electrons. The van der Waals surface area contributed by atoms with E-state index in [0.717, 1.165) is 23.5 Å². The van der Waals surface area contributed by atoms with E-state index >= 15 is 0 Å². The minimum atomic E-state index is -0.879. The van der Waals surface area contributed by atoms with Crippen molar-refractivity contribution in [2.45, 2.75) is 68.1 Å². The first kappa shape index (κ1) is 56.8. The van der Waals surface area contributed by atoms with Crippen molar-refractivity contribution < 1.29 is 80.8 Å². The first-order valence-corrected chi connectivity index (χ1v) is 24.9. The van der Waals surface area contributed by atoms with Crippen molar-refractivity contribution >= 4 is 53.4 Å². The Bertz CT molecular complexity index is 2750. The average Bonchev–Trinajstić information content (AvgIpc) is 3.87. The lowest BCUT2D eigenvalue weighted by molar-refractivity contribution is -0.139. The Hall–Kier alpha value is -7.54. The van der Waals surface area contributed by atoms with Crippen LogP contribution in [0.15, 0.2) is 117 Å². The van der Waals surface area contributed by atoms with Crippen LogP contribution in [0.25, 0.3) is 4.85 Å². The maximum atomic E-state index is 13.7. The van der Waals surface area contributed by atoms with Gasteiger partial charge in [0, 0.05) is 52.7 Å². The molecule has 6 rings (SSSR count). The molecule has 0 fully saturated rings. The summed E-state index contributed by atoms with van der Waals surface area (Å²) in [6, 6.07) is 23.6. The summed E-state index contributed by atoms with van der Waals surface area (Å²) in [5, 5.41) is 0. The van der Waals surface area contributed by atoms with Crippen molar-refractivity contribution in [1.29, 1.82) is 0 Å². The lowest BCUT2D eigenvalue weighted by Crippen LogP contribution is -2.13. The van der Waals surface area contributed by atoms with Gasteiger partial charge in [-0.1, -0.05) is 23.5 Å². The predicted octanol–water partition coefficient (Wildman–Crippen LogP) is 10.4. The normalized spacial score (nSPS) is 12.7. The maximum absolute atomic E-state index is 13.7. The van der Waals surface area contributed by atoms with Gasteiger partial charge in [0.15, 0.2) is 0 Å². The van der Waals surface area contributed by atoms with Gasteiger partial charge in [0.05, 0.1) is 84.1 Å². The molecule has 0 aromatic heterocycles. The zero-order chi connectivity index (χ0) is 54.0. The molecule has 0 spiro atoms. The highest BCUT2D eigenvalue weighted by atomic mass is 32.2. The van der Waals surface area contributed by atoms with Crippen molar-refractivity contribution in [3.05, 3.63) is 141 Å². The van der Waals surface area contributed by atoms with Gasteiger partial charge < -0.3 is 56.8 Å². The van der Waals surface area contributed by atoms with Gasteiger partial charge in [0.1, 0.15) is 57.1 Å². The van der Waals surface area contributed by atoms with Crippen LogP contribution in [0.3, 0.4) is 0 Å². The molecule has 0 saturated heterocycles. The Morgan fingerprint density at radius 3 is 1.24 bits per heavy atom. The van der Waals surface area contributed by atoms with Crippen molar-refractivity contribution in [1.82, 2.24) is 0 Å². The Balaban J connectivity index is 1.16. The molecule has 5 aromatic carbocycles. The minimum absolute atomic E-state index is 0.0113. The van der Waals surface area contributed by atoms with E-state index in [1.54, 1.807) is 38.5 Å². The summed E-state index contributed by atoms with van der Waals surface area (Å²) in [4.78, 5) is 71.0. The number of thioether (sulfide) groups is 2. The highest BCUT2D eigenvalue weighted by molar-refractivity contribution is 8.24. The van der Waals surface area contributed by atoms with Crippen LogP contribution in [0.4, 0.5) is 0 Å². The Kier molecular flexibility index (Phi) is 20.9. The van der Waals surface area contributed by atoms with Crippen molar-refractivity contribution in [2.24, 2.45) is 0 Å². The van der Waals surface area contributed by atoms with E-state index in [2.05, 4.69) is 4.85 Å². The van der Waals surface area contributed by atoms with Crippen molar-refractivity contribution in [2.75, 3.05) is 55.4 Å². The molecule has 18 nitrogen and oxygen atoms in total. The second kappa shape index (κ2) is 27.7. The van der Waals surface area contributed by atoms with Gasteiger partial charge in [-0.3, -0.25) is 4.79 Å². The van der Waals surface area contributed by atoms with E-state index in [0.29, 0.717) is 44.0 Å². The van der Waals surface area contributed by atoms with E-state index in [1.165, 1.54) is 94.1 Å². The third-order valence-corrected chi connectivity index (χ3v) is 13.9. The van der Waals surface area contributed by atoms with Crippen LogP contribution in [-0.2, 0) is 23.7 Å². The number of ether oxygens (including phenoxy) is 12. The average molecular weight is 1070 g/mol. The molecule has 0 amide bonds. The summed E-state index contributed by atoms with van der Waals surface area (Å²) in [7, 11) is 7.61. The number of nitrogens with zero attached hydrogens (tertiary/aromatic N) is 1. The zero-order valence-corrected chi connectivity index (χ0v) is 44.0. The number of esters is 5. The molecule has 0 bridgehead atoms. The Morgan fingerprint density at radius 1 is 0.480 bits per heavy atom. The monoisotopic (exact) mass is 1070 g/mol. The molecular formula is C55H55NO17S2. The van der Waals surface area contributed by atoms with Gasteiger partial charge in [-0.2, -0.15) is 0 Å². The molecule has 3 atom stereocenters. The van der Waals surface area contributed by atoms with Gasteiger partial charge in [-0.15, -0.1) is 0 Å². The summed E-state index contributed by atoms with van der Waals surface area (Å²) in [5.41, 5.74) is 0.131. The molecule has 1 aliphatic rings. The molecule has 3 unspecified atom stereocenters. The summed E-state index contributed by atoms with van der Waals surface area (Å²) in [6.45, 7) is 14.3. The Labute approximate surface area is 442 Å². The lowest BCUT2D eigenvalue weighted by Gasteiger charge is -2.14. The van der Waals surface area contributed by atoms with Crippen LogP contribution in [0.5, 0.6) is 46.0 Å². The van der Waals surface area contributed by atoms with E-state index in [4.69, 9.17) is 63.4 Å². The molecule has 1 aliphatic heterocycles. The first-order valence-electron chi connectivity index (χ1n) is 23.3. The van der Waals surface area contributed by atoms with Crippen LogP contribution in [0, 0.1) is 6.57 Å². The summed E-state index contributed by atoms with van der Waals surface area (Å²) in [5.74, 6) is -2.12. The predicted molar refractivity (Wildman–Crippen MR) is 276 cm³/mol. The van der Waals surface area contributed by atoms with Gasteiger partial charge in [-0.05, 0) is 106 Å². The first-order chi connectivity index (χ1) is 36.2. The number of hydrogen-bond acceptors (Lipinski definition) is 19. The number of hydrogen-bond donors (Lipinski definition) is 0. The molecule has 75 heavy (non-hydrogen) atoms. The second-order valence-corrected chi connectivity index (χ2v) is 18.6. The number of carbonyl (C=O) groups excluding carboxylic acids is 5. The largest absolute Gasteiger partial charge is 0.496 e. The fourth-order valence-corrected chi connectivity index (χ4v) is 9.15. The molecular weight excluding hydrogens is 1010 g/mol. The van der Waals surface area contributed by atoms with Gasteiger partial charge in [-0.25, -0.2) is 24.0 Å². The fourth-order valence-electron chi connectivity index (χ4n) is 6.60. The summed E-state index contributed by atoms with van der Waals surface area (Å²) >= 11 is 1.92. The van der Waals surface area contributed by atoms with Crippen LogP contribution < -0.4 is 37.9 Å².